The Labute approximate surface area is 220 Å². The highest BCUT2D eigenvalue weighted by atomic mass is 16.7. The number of rotatable bonds is 18. The van der Waals surface area contributed by atoms with Gasteiger partial charge in [0.25, 0.3) is 0 Å². The van der Waals surface area contributed by atoms with Crippen molar-refractivity contribution in [3.63, 3.8) is 0 Å². The van der Waals surface area contributed by atoms with Gasteiger partial charge < -0.3 is 14.0 Å². The summed E-state index contributed by atoms with van der Waals surface area (Å²) in [6.45, 7) is 7.59. The minimum atomic E-state index is -0.617. The Morgan fingerprint density at radius 1 is 0.806 bits per heavy atom. The number of unbranched alkanes of at least 4 members (excludes halogenated alkanes) is 8. The third-order valence-electron chi connectivity index (χ3n) is 6.72. The molecule has 0 spiro atoms. The Morgan fingerprint density at radius 3 is 2.06 bits per heavy atom. The van der Waals surface area contributed by atoms with Gasteiger partial charge in [0.1, 0.15) is 18.2 Å². The van der Waals surface area contributed by atoms with E-state index >= 15 is 0 Å². The Hall–Kier alpha value is -2.33. The zero-order valence-corrected chi connectivity index (χ0v) is 23.5. The number of ether oxygens (including phenoxy) is 2. The van der Waals surface area contributed by atoms with Crippen LogP contribution in [0.5, 0.6) is 5.75 Å². The van der Waals surface area contributed by atoms with E-state index in [9.17, 15) is 4.79 Å². The summed E-state index contributed by atoms with van der Waals surface area (Å²) in [5.74, 6) is 0.398. The first-order valence-electron chi connectivity index (χ1n) is 14.1. The molecule has 0 saturated heterocycles. The molecule has 0 bridgehead atoms. The summed E-state index contributed by atoms with van der Waals surface area (Å²) >= 11 is 0. The van der Waals surface area contributed by atoms with Crippen LogP contribution in [0.1, 0.15) is 89.7 Å². The van der Waals surface area contributed by atoms with Crippen molar-refractivity contribution in [1.82, 2.24) is 0 Å². The van der Waals surface area contributed by atoms with Gasteiger partial charge in [-0.05, 0) is 31.4 Å². The van der Waals surface area contributed by atoms with Gasteiger partial charge in [-0.25, -0.2) is 0 Å². The highest BCUT2D eigenvalue weighted by Gasteiger charge is 2.27. The van der Waals surface area contributed by atoms with E-state index in [0.717, 1.165) is 29.6 Å². The van der Waals surface area contributed by atoms with Crippen molar-refractivity contribution in [2.75, 3.05) is 20.6 Å². The summed E-state index contributed by atoms with van der Waals surface area (Å²) in [6.07, 6.45) is 12.2. The van der Waals surface area contributed by atoms with Gasteiger partial charge in [0.2, 0.25) is 6.29 Å². The van der Waals surface area contributed by atoms with Gasteiger partial charge in [-0.2, -0.15) is 0 Å². The van der Waals surface area contributed by atoms with E-state index in [1.807, 2.05) is 32.0 Å². The number of quaternary nitrogens is 1. The van der Waals surface area contributed by atoms with Crippen molar-refractivity contribution in [3.05, 3.63) is 65.7 Å². The lowest BCUT2D eigenvalue weighted by Gasteiger charge is -2.32. The molecule has 2 aromatic rings. The predicted molar refractivity (Wildman–Crippen MR) is 150 cm³/mol. The average molecular weight is 497 g/mol. The van der Waals surface area contributed by atoms with Gasteiger partial charge in [-0.15, -0.1) is 0 Å². The van der Waals surface area contributed by atoms with E-state index in [1.165, 1.54) is 62.5 Å². The summed E-state index contributed by atoms with van der Waals surface area (Å²) in [5, 5.41) is 0. The van der Waals surface area contributed by atoms with Crippen LogP contribution in [0.4, 0.5) is 0 Å². The number of esters is 1. The van der Waals surface area contributed by atoms with Crippen LogP contribution in [-0.4, -0.2) is 37.4 Å². The number of hydrogen-bond donors (Lipinski definition) is 0. The molecule has 0 aromatic heterocycles. The largest absolute Gasteiger partial charge is 0.455 e. The second-order valence-corrected chi connectivity index (χ2v) is 11.0. The SMILES string of the molecule is CCCCCCCCCCCc1ccccc1OC(C)OC(=O)C(C)C[N+](C)(C)Cc1ccccc1. The van der Waals surface area contributed by atoms with Crippen LogP contribution in [0, 0.1) is 5.92 Å². The number of nitrogens with zero attached hydrogens (tertiary/aromatic N) is 1. The molecule has 0 aliphatic heterocycles. The summed E-state index contributed by atoms with van der Waals surface area (Å²) in [4.78, 5) is 12.8. The Kier molecular flexibility index (Phi) is 13.6. The molecule has 2 atom stereocenters. The van der Waals surface area contributed by atoms with Gasteiger partial charge in [-0.1, -0.05) is 107 Å². The van der Waals surface area contributed by atoms with E-state index in [4.69, 9.17) is 9.47 Å². The van der Waals surface area contributed by atoms with Crippen molar-refractivity contribution in [1.29, 1.82) is 0 Å². The molecule has 4 heteroatoms. The highest BCUT2D eigenvalue weighted by molar-refractivity contribution is 5.72. The predicted octanol–water partition coefficient (Wildman–Crippen LogP) is 7.94. The molecule has 0 saturated carbocycles. The lowest BCUT2D eigenvalue weighted by Crippen LogP contribution is -2.44. The third-order valence-corrected chi connectivity index (χ3v) is 6.72. The molecule has 2 aromatic carbocycles. The number of benzene rings is 2. The molecule has 0 radical (unpaired) electrons. The molecule has 0 aliphatic rings. The molecule has 0 amide bonds. The number of para-hydroxylation sites is 1. The summed E-state index contributed by atoms with van der Waals surface area (Å²) in [5.41, 5.74) is 2.46. The van der Waals surface area contributed by atoms with Crippen molar-refractivity contribution >= 4 is 5.97 Å². The first kappa shape index (κ1) is 29.9. The smallest absolute Gasteiger partial charge is 0.317 e. The maximum absolute atomic E-state index is 12.8. The molecule has 0 fully saturated rings. The zero-order chi connectivity index (χ0) is 26.2. The first-order chi connectivity index (χ1) is 17.3. The highest BCUT2D eigenvalue weighted by Crippen LogP contribution is 2.23. The van der Waals surface area contributed by atoms with Crippen molar-refractivity contribution in [2.24, 2.45) is 5.92 Å². The Bertz CT molecular complexity index is 865. The molecule has 36 heavy (non-hydrogen) atoms. The van der Waals surface area contributed by atoms with Crippen LogP contribution in [0.15, 0.2) is 54.6 Å². The van der Waals surface area contributed by atoms with Crippen LogP contribution in [0.2, 0.25) is 0 Å². The normalized spacial score (nSPS) is 13.2. The Morgan fingerprint density at radius 2 is 1.39 bits per heavy atom. The molecule has 200 valence electrons. The number of carbonyl (C=O) groups is 1. The van der Waals surface area contributed by atoms with Crippen LogP contribution in [0.25, 0.3) is 0 Å². The monoisotopic (exact) mass is 496 g/mol. The van der Waals surface area contributed by atoms with E-state index in [0.29, 0.717) is 6.54 Å². The van der Waals surface area contributed by atoms with Gasteiger partial charge in [0.15, 0.2) is 0 Å². The van der Waals surface area contributed by atoms with E-state index in [1.54, 1.807) is 0 Å². The van der Waals surface area contributed by atoms with Crippen molar-refractivity contribution in [3.8, 4) is 5.75 Å². The standard InChI is InChI=1S/C32H50NO3/c1-6-7-8-9-10-11-12-13-17-22-30-23-18-19-24-31(30)35-28(3)36-32(34)27(2)25-33(4,5)26-29-20-15-14-16-21-29/h14-16,18-21,23-24,27-28H,6-13,17,22,25-26H2,1-5H3/q+1. The van der Waals surface area contributed by atoms with Crippen molar-refractivity contribution < 1.29 is 18.8 Å². The molecule has 0 heterocycles. The minimum absolute atomic E-state index is 0.210. The molecular formula is C32H50NO3+. The average Bonchev–Trinajstić information content (AvgIpc) is 2.84. The fraction of sp³-hybridized carbons (Fsp3) is 0.594. The van der Waals surface area contributed by atoms with E-state index < -0.39 is 6.29 Å². The zero-order valence-electron chi connectivity index (χ0n) is 23.5. The minimum Gasteiger partial charge on any atom is -0.455 e. The second-order valence-electron chi connectivity index (χ2n) is 11.0. The van der Waals surface area contributed by atoms with Gasteiger partial charge >= 0.3 is 5.97 Å². The van der Waals surface area contributed by atoms with Gasteiger partial charge in [0, 0.05) is 12.5 Å². The fourth-order valence-corrected chi connectivity index (χ4v) is 4.89. The summed E-state index contributed by atoms with van der Waals surface area (Å²) < 4.78 is 12.5. The third kappa shape index (κ3) is 12.1. The quantitative estimate of drug-likeness (QED) is 0.0909. The van der Waals surface area contributed by atoms with E-state index in [2.05, 4.69) is 57.4 Å². The Balaban J connectivity index is 1.74. The van der Waals surface area contributed by atoms with Crippen LogP contribution in [0.3, 0.4) is 0 Å². The second kappa shape index (κ2) is 16.4. The number of hydrogen-bond acceptors (Lipinski definition) is 3. The summed E-state index contributed by atoms with van der Waals surface area (Å²) in [7, 11) is 4.30. The summed E-state index contributed by atoms with van der Waals surface area (Å²) in [6, 6.07) is 18.5. The number of carbonyl (C=O) groups excluding carboxylic acids is 1. The van der Waals surface area contributed by atoms with Crippen LogP contribution in [-0.2, 0) is 22.5 Å². The molecule has 4 nitrogen and oxygen atoms in total. The lowest BCUT2D eigenvalue weighted by atomic mass is 10.0. The van der Waals surface area contributed by atoms with Crippen molar-refractivity contribution in [2.45, 2.75) is 97.8 Å². The first-order valence-corrected chi connectivity index (χ1v) is 14.1. The van der Waals surface area contributed by atoms with E-state index in [-0.39, 0.29) is 11.9 Å². The molecule has 2 unspecified atom stereocenters. The molecule has 0 aliphatic carbocycles. The maximum atomic E-state index is 12.8. The van der Waals surface area contributed by atoms with Crippen LogP contribution < -0.4 is 4.74 Å². The number of aryl methyl sites for hydroxylation is 1. The molecule has 2 rings (SSSR count). The molecule has 0 N–H and O–H groups in total. The maximum Gasteiger partial charge on any atom is 0.317 e. The topological polar surface area (TPSA) is 35.5 Å². The van der Waals surface area contributed by atoms with Crippen LogP contribution >= 0.6 is 0 Å². The fourth-order valence-electron chi connectivity index (χ4n) is 4.89. The lowest BCUT2D eigenvalue weighted by molar-refractivity contribution is -0.905. The van der Waals surface area contributed by atoms with Gasteiger partial charge in [-0.3, -0.25) is 4.79 Å². The van der Waals surface area contributed by atoms with Gasteiger partial charge in [0.05, 0.1) is 20.6 Å². The molecular weight excluding hydrogens is 446 g/mol.